The van der Waals surface area contributed by atoms with E-state index in [0.717, 1.165) is 42.8 Å². The number of nitrogens with one attached hydrogen (secondary N) is 2. The predicted molar refractivity (Wildman–Crippen MR) is 108 cm³/mol. The summed E-state index contributed by atoms with van der Waals surface area (Å²) in [6.45, 7) is 4.30. The van der Waals surface area contributed by atoms with Crippen LogP contribution in [0.15, 0.2) is 17.1 Å². The Morgan fingerprint density at radius 3 is 2.91 bits per heavy atom. The average Bonchev–Trinajstić information content (AvgIpc) is 3.14. The largest absolute Gasteiger partial charge is 0.356 e. The molecule has 130 valence electrons. The Morgan fingerprint density at radius 2 is 2.30 bits per heavy atom. The normalized spacial score (nSPS) is 17.8. The maximum absolute atomic E-state index is 11.7. The minimum atomic E-state index is 0. The van der Waals surface area contributed by atoms with Gasteiger partial charge in [0.15, 0.2) is 5.96 Å². The van der Waals surface area contributed by atoms with Crippen LogP contribution in [0.2, 0.25) is 4.34 Å². The number of hydrogen-bond acceptors (Lipinski definition) is 3. The smallest absolute Gasteiger partial charge is 0.222 e. The predicted octanol–water partition coefficient (Wildman–Crippen LogP) is 2.74. The van der Waals surface area contributed by atoms with E-state index in [4.69, 9.17) is 11.6 Å². The molecule has 23 heavy (non-hydrogen) atoms. The zero-order valence-corrected chi connectivity index (χ0v) is 17.4. The molecule has 1 aromatic heterocycles. The summed E-state index contributed by atoms with van der Waals surface area (Å²) in [5.74, 6) is 1.01. The third-order valence-electron chi connectivity index (χ3n) is 3.70. The Morgan fingerprint density at radius 1 is 1.52 bits per heavy atom. The Bertz CT molecular complexity index is 537. The van der Waals surface area contributed by atoms with Crippen LogP contribution in [-0.2, 0) is 11.2 Å². The quantitative estimate of drug-likeness (QED) is 0.395. The maximum atomic E-state index is 11.7. The fourth-order valence-electron chi connectivity index (χ4n) is 2.51. The van der Waals surface area contributed by atoms with E-state index in [2.05, 4.69) is 21.7 Å². The first-order chi connectivity index (χ1) is 10.6. The summed E-state index contributed by atoms with van der Waals surface area (Å²) in [6, 6.07) is 4.25. The third kappa shape index (κ3) is 6.46. The Balaban J connectivity index is 0.00000264. The SMILES string of the molecule is CCC(=O)N1CCC(NC(=NC)NCCc2ccc(Cl)s2)C1.I. The van der Waals surface area contributed by atoms with Gasteiger partial charge in [0.25, 0.3) is 0 Å². The first kappa shape index (κ1) is 20.5. The molecule has 1 amide bonds. The van der Waals surface area contributed by atoms with E-state index in [0.29, 0.717) is 6.42 Å². The number of nitrogens with zero attached hydrogens (tertiary/aromatic N) is 2. The lowest BCUT2D eigenvalue weighted by Gasteiger charge is -2.18. The number of carbonyl (C=O) groups is 1. The second kappa shape index (κ2) is 10.4. The number of likely N-dealkylation sites (tertiary alicyclic amines) is 1. The zero-order chi connectivity index (χ0) is 15.9. The van der Waals surface area contributed by atoms with Crippen molar-refractivity contribution in [2.24, 2.45) is 4.99 Å². The lowest BCUT2D eigenvalue weighted by atomic mass is 10.3. The standard InChI is InChI=1S/C15H23ClN4OS.HI/c1-3-14(21)20-9-7-11(10-20)19-15(17-2)18-8-6-12-4-5-13(16)22-12;/h4-5,11H,3,6-10H2,1-2H3,(H2,17,18,19);1H. The maximum Gasteiger partial charge on any atom is 0.222 e. The van der Waals surface area contributed by atoms with E-state index < -0.39 is 0 Å². The van der Waals surface area contributed by atoms with Gasteiger partial charge in [-0.25, -0.2) is 0 Å². The molecule has 2 heterocycles. The molecule has 1 atom stereocenters. The molecule has 0 radical (unpaired) electrons. The third-order valence-corrected chi connectivity index (χ3v) is 4.99. The molecule has 0 spiro atoms. The highest BCUT2D eigenvalue weighted by Crippen LogP contribution is 2.21. The van der Waals surface area contributed by atoms with E-state index in [1.54, 1.807) is 18.4 Å². The molecule has 0 bridgehead atoms. The monoisotopic (exact) mass is 470 g/mol. The molecule has 0 aromatic carbocycles. The molecule has 1 saturated heterocycles. The molecule has 0 saturated carbocycles. The summed E-state index contributed by atoms with van der Waals surface area (Å²) in [5.41, 5.74) is 0. The van der Waals surface area contributed by atoms with Crippen LogP contribution in [-0.4, -0.2) is 49.5 Å². The fourth-order valence-corrected chi connectivity index (χ4v) is 3.59. The molecule has 5 nitrogen and oxygen atoms in total. The molecule has 1 aliphatic rings. The van der Waals surface area contributed by atoms with E-state index in [1.165, 1.54) is 4.88 Å². The van der Waals surface area contributed by atoms with Crippen LogP contribution in [0.25, 0.3) is 0 Å². The van der Waals surface area contributed by atoms with Crippen molar-refractivity contribution in [1.82, 2.24) is 15.5 Å². The molecule has 2 rings (SSSR count). The highest BCUT2D eigenvalue weighted by Gasteiger charge is 2.25. The number of hydrogen-bond donors (Lipinski definition) is 2. The number of guanidine groups is 1. The molecule has 1 aromatic rings. The van der Waals surface area contributed by atoms with Gasteiger partial charge in [-0.1, -0.05) is 18.5 Å². The van der Waals surface area contributed by atoms with Gasteiger partial charge >= 0.3 is 0 Å². The van der Waals surface area contributed by atoms with Gasteiger partial charge in [-0.3, -0.25) is 9.79 Å². The van der Waals surface area contributed by atoms with Gasteiger partial charge in [-0.15, -0.1) is 35.3 Å². The van der Waals surface area contributed by atoms with Crippen molar-refractivity contribution in [2.75, 3.05) is 26.7 Å². The molecule has 8 heteroatoms. The first-order valence-electron chi connectivity index (χ1n) is 7.61. The average molecular weight is 471 g/mol. The summed E-state index contributed by atoms with van der Waals surface area (Å²) in [5, 5.41) is 6.70. The van der Waals surface area contributed by atoms with E-state index in [-0.39, 0.29) is 35.9 Å². The van der Waals surface area contributed by atoms with Crippen LogP contribution >= 0.6 is 46.9 Å². The van der Waals surface area contributed by atoms with Gasteiger partial charge in [0, 0.05) is 44.0 Å². The van der Waals surface area contributed by atoms with E-state index in [1.807, 2.05) is 17.9 Å². The lowest BCUT2D eigenvalue weighted by molar-refractivity contribution is -0.129. The zero-order valence-electron chi connectivity index (χ0n) is 13.5. The van der Waals surface area contributed by atoms with Crippen LogP contribution in [0.3, 0.4) is 0 Å². The van der Waals surface area contributed by atoms with Gasteiger partial charge in [0.05, 0.1) is 4.34 Å². The van der Waals surface area contributed by atoms with Gasteiger partial charge in [0.2, 0.25) is 5.91 Å². The highest BCUT2D eigenvalue weighted by atomic mass is 127. The summed E-state index contributed by atoms with van der Waals surface area (Å²) in [7, 11) is 1.77. The molecule has 1 unspecified atom stereocenters. The second-order valence-electron chi connectivity index (χ2n) is 5.28. The number of amides is 1. The minimum absolute atomic E-state index is 0. The Labute approximate surface area is 163 Å². The molecule has 2 N–H and O–H groups in total. The summed E-state index contributed by atoms with van der Waals surface area (Å²) < 4.78 is 0.823. The van der Waals surface area contributed by atoms with Gasteiger partial charge in [-0.2, -0.15) is 0 Å². The van der Waals surface area contributed by atoms with E-state index in [9.17, 15) is 4.79 Å². The molecule has 0 aliphatic carbocycles. The highest BCUT2D eigenvalue weighted by molar-refractivity contribution is 14.0. The van der Waals surface area contributed by atoms with Crippen molar-refractivity contribution in [1.29, 1.82) is 0 Å². The van der Waals surface area contributed by atoms with Crippen LogP contribution in [0.4, 0.5) is 0 Å². The number of aliphatic imine (C=N–C) groups is 1. The molecule has 1 aliphatic heterocycles. The lowest BCUT2D eigenvalue weighted by Crippen LogP contribution is -2.45. The van der Waals surface area contributed by atoms with Crippen molar-refractivity contribution < 1.29 is 4.79 Å². The summed E-state index contributed by atoms with van der Waals surface area (Å²) >= 11 is 7.53. The first-order valence-corrected chi connectivity index (χ1v) is 8.81. The number of thiophene rings is 1. The molecular weight excluding hydrogens is 447 g/mol. The topological polar surface area (TPSA) is 56.7 Å². The van der Waals surface area contributed by atoms with Crippen LogP contribution in [0, 0.1) is 0 Å². The fraction of sp³-hybridized carbons (Fsp3) is 0.600. The Kier molecular flexibility index (Phi) is 9.23. The van der Waals surface area contributed by atoms with Crippen molar-refractivity contribution >= 4 is 58.8 Å². The molecule has 1 fully saturated rings. The molecular formula is C15H24ClIN4OS. The van der Waals surface area contributed by atoms with Crippen molar-refractivity contribution in [3.63, 3.8) is 0 Å². The van der Waals surface area contributed by atoms with E-state index >= 15 is 0 Å². The van der Waals surface area contributed by atoms with Gasteiger partial charge in [0.1, 0.15) is 0 Å². The van der Waals surface area contributed by atoms with Crippen molar-refractivity contribution in [3.8, 4) is 0 Å². The summed E-state index contributed by atoms with van der Waals surface area (Å²) in [6.07, 6.45) is 2.46. The number of carbonyl (C=O) groups excluding carboxylic acids is 1. The van der Waals surface area contributed by atoms with Crippen molar-refractivity contribution in [2.45, 2.75) is 32.2 Å². The summed E-state index contributed by atoms with van der Waals surface area (Å²) in [4.78, 5) is 19.1. The van der Waals surface area contributed by atoms with Crippen LogP contribution in [0.5, 0.6) is 0 Å². The van der Waals surface area contributed by atoms with Crippen LogP contribution in [0.1, 0.15) is 24.6 Å². The second-order valence-corrected chi connectivity index (χ2v) is 7.08. The van der Waals surface area contributed by atoms with Crippen molar-refractivity contribution in [3.05, 3.63) is 21.3 Å². The number of rotatable bonds is 5. The van der Waals surface area contributed by atoms with Gasteiger partial charge < -0.3 is 15.5 Å². The Hall–Kier alpha value is -0.540. The van der Waals surface area contributed by atoms with Crippen LogP contribution < -0.4 is 10.6 Å². The van der Waals surface area contributed by atoms with Gasteiger partial charge in [-0.05, 0) is 25.0 Å². The number of halogens is 2. The minimum Gasteiger partial charge on any atom is -0.356 e.